The molecule has 2 N–H and O–H groups in total. The molecule has 0 saturated heterocycles. The van der Waals surface area contributed by atoms with Gasteiger partial charge in [-0.05, 0) is 55.6 Å². The molecule has 0 aliphatic carbocycles. The number of aliphatic imine (C=N–C) groups is 1. The predicted molar refractivity (Wildman–Crippen MR) is 160 cm³/mol. The van der Waals surface area contributed by atoms with Gasteiger partial charge in [-0.2, -0.15) is 23.4 Å². The summed E-state index contributed by atoms with van der Waals surface area (Å²) in [7, 11) is -13.0. The van der Waals surface area contributed by atoms with Crippen LogP contribution in [0.3, 0.4) is 0 Å². The summed E-state index contributed by atoms with van der Waals surface area (Å²) in [6, 6.07) is 7.19. The minimum atomic E-state index is -5.21. The van der Waals surface area contributed by atoms with E-state index in [4.69, 9.17) is 20.9 Å². The van der Waals surface area contributed by atoms with E-state index in [-0.39, 0.29) is 105 Å². The number of carbonyl (C=O) groups excluding carboxylic acids is 1. The topological polar surface area (TPSA) is 271 Å². The molecule has 3 aromatic rings. The predicted octanol–water partition coefficient (Wildman–Crippen LogP) is -4.69. The van der Waals surface area contributed by atoms with Crippen LogP contribution in [0.25, 0.3) is 0 Å². The number of anilines is 4. The maximum atomic E-state index is 12.8. The molecular formula is C24H25ClN6Na2O12S3. The summed E-state index contributed by atoms with van der Waals surface area (Å²) < 4.78 is 101. The van der Waals surface area contributed by atoms with Crippen LogP contribution < -0.4 is 79.2 Å². The van der Waals surface area contributed by atoms with Crippen LogP contribution in [0.1, 0.15) is 20.3 Å². The zero-order valence-corrected chi connectivity index (χ0v) is 33.3. The van der Waals surface area contributed by atoms with Crippen LogP contribution in [0.2, 0.25) is 5.28 Å². The van der Waals surface area contributed by atoms with Crippen molar-refractivity contribution < 1.29 is 112 Å². The van der Waals surface area contributed by atoms with Gasteiger partial charge in [-0.1, -0.05) is 6.07 Å². The second-order valence-electron chi connectivity index (χ2n) is 9.02. The summed E-state index contributed by atoms with van der Waals surface area (Å²) in [5.74, 6) is -2.83. The van der Waals surface area contributed by atoms with Gasteiger partial charge in [0.25, 0.3) is 0 Å². The number of sulfone groups is 1. The maximum Gasteiger partial charge on any atom is 1.00 e. The summed E-state index contributed by atoms with van der Waals surface area (Å²) >= 11 is 6.12. The number of hydrogen-bond acceptors (Lipinski definition) is 17. The molecule has 1 aromatic heterocycles. The summed E-state index contributed by atoms with van der Waals surface area (Å²) in [6.45, 7) is 2.11. The van der Waals surface area contributed by atoms with Gasteiger partial charge < -0.3 is 24.6 Å². The van der Waals surface area contributed by atoms with Crippen molar-refractivity contribution in [1.82, 2.24) is 15.0 Å². The first-order valence-corrected chi connectivity index (χ1v) is 17.5. The summed E-state index contributed by atoms with van der Waals surface area (Å²) in [4.78, 5) is 27.4. The van der Waals surface area contributed by atoms with Gasteiger partial charge >= 0.3 is 69.5 Å². The number of Topliss-reactive ketones (excluding diaryl/α,β-unsaturated/α-hetero) is 1. The second kappa shape index (κ2) is 18.3. The minimum absolute atomic E-state index is 0. The van der Waals surface area contributed by atoms with Crippen molar-refractivity contribution in [1.29, 1.82) is 0 Å². The number of nitrogens with one attached hydrogen (secondary N) is 1. The van der Waals surface area contributed by atoms with Crippen molar-refractivity contribution in [3.05, 3.63) is 41.7 Å². The minimum Gasteiger partial charge on any atom is -0.861 e. The number of halogens is 1. The van der Waals surface area contributed by atoms with E-state index in [2.05, 4.69) is 29.4 Å². The Kier molecular flexibility index (Phi) is 16.8. The van der Waals surface area contributed by atoms with E-state index in [9.17, 15) is 39.7 Å². The average Bonchev–Trinajstić information content (AvgIpc) is 2.92. The van der Waals surface area contributed by atoms with Crippen molar-refractivity contribution in [2.75, 3.05) is 36.2 Å². The molecule has 250 valence electrons. The molecule has 0 radical (unpaired) electrons. The van der Waals surface area contributed by atoms with E-state index in [0.717, 1.165) is 19.1 Å². The molecule has 48 heavy (non-hydrogen) atoms. The molecule has 1 heterocycles. The Morgan fingerprint density at radius 2 is 1.75 bits per heavy atom. The molecule has 0 saturated carbocycles. The number of benzene rings is 2. The fraction of sp³-hybridized carbons (Fsp3) is 0.292. The number of ketones is 1. The first kappa shape index (κ1) is 44.0. The Labute approximate surface area is 325 Å². The van der Waals surface area contributed by atoms with Crippen LogP contribution in [0, 0.1) is 0 Å². The summed E-state index contributed by atoms with van der Waals surface area (Å²) in [5, 5.41) is 14.2. The van der Waals surface area contributed by atoms with Gasteiger partial charge in [0.1, 0.15) is 27.3 Å². The quantitative estimate of drug-likeness (QED) is 0.0637. The first-order valence-electron chi connectivity index (χ1n) is 12.7. The summed E-state index contributed by atoms with van der Waals surface area (Å²) in [6.07, 6.45) is -0.569. The molecule has 0 fully saturated rings. The molecule has 0 bridgehead atoms. The van der Waals surface area contributed by atoms with E-state index in [1.165, 1.54) is 36.3 Å². The van der Waals surface area contributed by atoms with Crippen molar-refractivity contribution in [2.24, 2.45) is 4.99 Å². The Morgan fingerprint density at radius 3 is 2.31 bits per heavy atom. The second-order valence-corrected chi connectivity index (χ2v) is 13.9. The number of methoxy groups -OCH3 is 1. The molecule has 2 aromatic carbocycles. The molecule has 0 aliphatic heterocycles. The molecule has 0 atom stereocenters. The Hall–Kier alpha value is -1.99. The van der Waals surface area contributed by atoms with Crippen LogP contribution in [0.15, 0.2) is 51.2 Å². The number of nitrogens with zero attached hydrogens (tertiary/aromatic N) is 5. The van der Waals surface area contributed by atoms with Gasteiger partial charge in [0.15, 0.2) is 9.84 Å². The molecule has 3 rings (SSSR count). The van der Waals surface area contributed by atoms with E-state index >= 15 is 0 Å². The number of carbonyl (C=O) groups is 1. The Balaban J connectivity index is 0.00000576. The third-order valence-corrected chi connectivity index (χ3v) is 8.86. The standard InChI is InChI=1S/C24H27ClN6O12S3.2Na/c1-4-31(15-6-5-7-16(11-15)44(34,35)9-8-43-46(39,40)41)24-29-22(25)28-23(30-24)27-18-12-19(42-3)17(13-20(18)45(36,37)38)26-21(33)10-14(2)32;;/h5-7,11-13H,4,8-10H2,1-3H3,(H,26,33)(H,36,37,38)(H,39,40,41)(H,27,28,29,30);;/q;2*+1/p-2. The Bertz CT molecular complexity index is 2000. The molecule has 18 nitrogen and oxygen atoms in total. The first-order chi connectivity index (χ1) is 21.3. The van der Waals surface area contributed by atoms with Crippen molar-refractivity contribution >= 4 is 82.6 Å². The van der Waals surface area contributed by atoms with Gasteiger partial charge in [0.05, 0.1) is 34.9 Å². The fourth-order valence-electron chi connectivity index (χ4n) is 3.78. The number of ether oxygens (including phenoxy) is 1. The van der Waals surface area contributed by atoms with Gasteiger partial charge in [-0.3, -0.25) is 14.3 Å². The number of hydrogen-bond donors (Lipinski definition) is 2. The van der Waals surface area contributed by atoms with Crippen LogP contribution in [-0.2, 0) is 39.3 Å². The molecule has 24 heteroatoms. The zero-order valence-electron chi connectivity index (χ0n) is 26.1. The zero-order chi connectivity index (χ0) is 34.4. The third kappa shape index (κ3) is 12.7. The molecule has 0 amide bonds. The van der Waals surface area contributed by atoms with Crippen LogP contribution in [0.4, 0.5) is 29.0 Å². The SMILES string of the molecule is CCN(c1cccc(S(=O)(=O)CCOS(=O)(=O)O)c1)c1nc(Cl)nc(Nc2cc(OC)c(N=C([O-])CC(C)=O)cc2S(=O)(=O)[O-])n1.[Na+].[Na+]. The van der Waals surface area contributed by atoms with Gasteiger partial charge in [0.2, 0.25) is 17.2 Å². The van der Waals surface area contributed by atoms with E-state index in [1.54, 1.807) is 6.92 Å². The van der Waals surface area contributed by atoms with E-state index in [0.29, 0.717) is 0 Å². The smallest absolute Gasteiger partial charge is 0.861 e. The van der Waals surface area contributed by atoms with Crippen molar-refractivity contribution in [3.63, 3.8) is 0 Å². The van der Waals surface area contributed by atoms with Gasteiger partial charge in [-0.25, -0.2) is 21.0 Å². The molecular weight excluding hydrogens is 742 g/mol. The number of rotatable bonds is 15. The third-order valence-electron chi connectivity index (χ3n) is 5.67. The largest absolute Gasteiger partial charge is 1.00 e. The Morgan fingerprint density at radius 1 is 1.08 bits per heavy atom. The molecule has 0 unspecified atom stereocenters. The van der Waals surface area contributed by atoms with Crippen molar-refractivity contribution in [3.8, 4) is 5.75 Å². The van der Waals surface area contributed by atoms with Crippen molar-refractivity contribution in [2.45, 2.75) is 30.1 Å². The fourth-order valence-corrected chi connectivity index (χ4v) is 6.09. The molecule has 0 aliphatic rings. The molecule has 0 spiro atoms. The van der Waals surface area contributed by atoms with E-state index < -0.39 is 71.0 Å². The van der Waals surface area contributed by atoms with Crippen LogP contribution in [0.5, 0.6) is 5.75 Å². The summed E-state index contributed by atoms with van der Waals surface area (Å²) in [5.41, 5.74) is -0.487. The number of aromatic nitrogens is 3. The van der Waals surface area contributed by atoms with Crippen LogP contribution >= 0.6 is 11.6 Å². The monoisotopic (exact) mass is 766 g/mol. The van der Waals surface area contributed by atoms with Gasteiger partial charge in [-0.15, -0.1) is 0 Å². The van der Waals surface area contributed by atoms with E-state index in [1.807, 2.05) is 0 Å². The maximum absolute atomic E-state index is 12.8. The normalized spacial score (nSPS) is 12.0. The van der Waals surface area contributed by atoms with Gasteiger partial charge in [0, 0.05) is 24.7 Å². The average molecular weight is 767 g/mol. The van der Waals surface area contributed by atoms with Crippen LogP contribution in [-0.4, -0.2) is 87.0 Å².